The lowest BCUT2D eigenvalue weighted by atomic mass is 9.75. The van der Waals surface area contributed by atoms with Gasteiger partial charge in [0, 0.05) is 6.54 Å². The van der Waals surface area contributed by atoms with E-state index < -0.39 is 47.6 Å². The molecule has 166 valence electrons. The van der Waals surface area contributed by atoms with Crippen molar-refractivity contribution in [2.75, 3.05) is 6.54 Å². The average Bonchev–Trinajstić information content (AvgIpc) is 2.64. The number of urea groups is 1. The molecule has 1 aromatic carbocycles. The highest BCUT2D eigenvalue weighted by atomic mass is 32.2. The van der Waals surface area contributed by atoms with E-state index in [-0.39, 0.29) is 23.6 Å². The molecular formula is C17H27BN4O7S. The van der Waals surface area contributed by atoms with Crippen molar-refractivity contribution < 1.29 is 32.8 Å². The lowest BCUT2D eigenvalue weighted by Gasteiger charge is -2.23. The summed E-state index contributed by atoms with van der Waals surface area (Å²) in [5.41, 5.74) is 0.843. The van der Waals surface area contributed by atoms with Crippen LogP contribution in [0.1, 0.15) is 25.8 Å². The average molecular weight is 442 g/mol. The number of rotatable bonds is 11. The van der Waals surface area contributed by atoms with Crippen LogP contribution in [0.5, 0.6) is 0 Å². The van der Waals surface area contributed by atoms with Crippen LogP contribution in [0.3, 0.4) is 0 Å². The molecule has 0 aliphatic rings. The molecule has 0 aliphatic heterocycles. The van der Waals surface area contributed by atoms with Crippen molar-refractivity contribution in [1.82, 2.24) is 20.7 Å². The molecule has 0 radical (unpaired) electrons. The molecule has 30 heavy (non-hydrogen) atoms. The number of amides is 4. The van der Waals surface area contributed by atoms with Crippen LogP contribution in [0.15, 0.2) is 29.2 Å². The van der Waals surface area contributed by atoms with Gasteiger partial charge in [-0.15, -0.1) is 0 Å². The Morgan fingerprint density at radius 1 is 1.17 bits per heavy atom. The van der Waals surface area contributed by atoms with Crippen LogP contribution < -0.4 is 20.7 Å². The molecule has 4 amide bonds. The van der Waals surface area contributed by atoms with Crippen LogP contribution in [0.2, 0.25) is 0 Å². The summed E-state index contributed by atoms with van der Waals surface area (Å²) in [6.45, 7) is 4.99. The highest BCUT2D eigenvalue weighted by Crippen LogP contribution is 2.09. The van der Waals surface area contributed by atoms with Crippen molar-refractivity contribution in [2.24, 2.45) is 5.92 Å². The van der Waals surface area contributed by atoms with Gasteiger partial charge in [-0.25, -0.2) is 17.9 Å². The monoisotopic (exact) mass is 442 g/mol. The zero-order chi connectivity index (χ0) is 22.9. The van der Waals surface area contributed by atoms with Crippen LogP contribution in [-0.4, -0.2) is 62.5 Å². The van der Waals surface area contributed by atoms with E-state index in [0.29, 0.717) is 0 Å². The number of sulfonamides is 1. The summed E-state index contributed by atoms with van der Waals surface area (Å²) in [7, 11) is -5.93. The Morgan fingerprint density at radius 2 is 1.77 bits per heavy atom. The molecule has 1 rings (SSSR count). The standard InChI is InChI=1S/C17H27BN4O7S/c1-11(2)8-15(18(26)27)21-16(24)14(20-10-23)9-19-17(25)22-30(28,29)13-6-4-12(3)5-7-13/h4-7,10-11,14-15,26-27H,8-9H2,1-3H3,(H,20,23)(H,21,24)(H2,19,22,25)/t14-,15-/m0/s1. The van der Waals surface area contributed by atoms with Crippen molar-refractivity contribution in [3.8, 4) is 0 Å². The fourth-order valence-corrected chi connectivity index (χ4v) is 3.41. The quantitative estimate of drug-likeness (QED) is 0.181. The molecule has 0 saturated heterocycles. The fraction of sp³-hybridized carbons (Fsp3) is 0.471. The van der Waals surface area contributed by atoms with Crippen molar-refractivity contribution >= 4 is 35.5 Å². The van der Waals surface area contributed by atoms with Gasteiger partial charge in [0.2, 0.25) is 12.3 Å². The predicted octanol–water partition coefficient (Wildman–Crippen LogP) is -1.36. The lowest BCUT2D eigenvalue weighted by molar-refractivity contribution is -0.125. The van der Waals surface area contributed by atoms with Gasteiger partial charge in [0.25, 0.3) is 10.0 Å². The topological polar surface area (TPSA) is 174 Å². The Bertz CT molecular complexity index is 831. The summed E-state index contributed by atoms with van der Waals surface area (Å²) in [6.07, 6.45) is 0.500. The fourth-order valence-electron chi connectivity index (χ4n) is 2.49. The van der Waals surface area contributed by atoms with Crippen LogP contribution in [0.4, 0.5) is 4.79 Å². The second kappa shape index (κ2) is 11.5. The van der Waals surface area contributed by atoms with Gasteiger partial charge in [-0.3, -0.25) is 9.59 Å². The third kappa shape index (κ3) is 8.39. The van der Waals surface area contributed by atoms with Gasteiger partial charge in [-0.2, -0.15) is 0 Å². The highest BCUT2D eigenvalue weighted by molar-refractivity contribution is 7.90. The summed E-state index contributed by atoms with van der Waals surface area (Å²) < 4.78 is 26.2. The van der Waals surface area contributed by atoms with Crippen LogP contribution >= 0.6 is 0 Å². The Labute approximate surface area is 175 Å². The first-order chi connectivity index (χ1) is 14.0. The Morgan fingerprint density at radius 3 is 2.27 bits per heavy atom. The van der Waals surface area contributed by atoms with Crippen molar-refractivity contribution in [3.05, 3.63) is 29.8 Å². The van der Waals surface area contributed by atoms with Crippen molar-refractivity contribution in [2.45, 2.75) is 44.1 Å². The minimum absolute atomic E-state index is 0.0467. The first kappa shape index (κ1) is 25.4. The van der Waals surface area contributed by atoms with Gasteiger partial charge in [0.1, 0.15) is 6.04 Å². The van der Waals surface area contributed by atoms with Gasteiger partial charge in [-0.1, -0.05) is 31.5 Å². The maximum atomic E-state index is 12.3. The molecule has 11 nitrogen and oxygen atoms in total. The van der Waals surface area contributed by atoms with Crippen LogP contribution in [-0.2, 0) is 19.6 Å². The number of carbonyl (C=O) groups is 3. The molecule has 1 aromatic rings. The SMILES string of the molecule is Cc1ccc(S(=O)(=O)NC(=O)NC[C@H](NC=O)C(=O)N[C@@H](CC(C)C)B(O)O)cc1. The molecule has 2 atom stereocenters. The molecule has 0 aliphatic carbocycles. The van der Waals surface area contributed by atoms with Gasteiger partial charge in [0.05, 0.1) is 10.8 Å². The Hall–Kier alpha value is -2.64. The van der Waals surface area contributed by atoms with E-state index in [9.17, 15) is 32.8 Å². The second-order valence-corrected chi connectivity index (χ2v) is 8.81. The van der Waals surface area contributed by atoms with E-state index in [1.54, 1.807) is 19.1 Å². The summed E-state index contributed by atoms with van der Waals surface area (Å²) >= 11 is 0. The second-order valence-electron chi connectivity index (χ2n) is 7.12. The van der Waals surface area contributed by atoms with E-state index in [1.807, 2.05) is 18.6 Å². The number of hydrogen-bond acceptors (Lipinski definition) is 7. The Balaban J connectivity index is 2.72. The summed E-state index contributed by atoms with van der Waals surface area (Å²) in [5, 5.41) is 25.6. The normalized spacial score (nSPS) is 13.1. The molecule has 6 N–H and O–H groups in total. The van der Waals surface area contributed by atoms with E-state index in [2.05, 4.69) is 16.0 Å². The number of aryl methyl sites for hydroxylation is 1. The predicted molar refractivity (Wildman–Crippen MR) is 109 cm³/mol. The minimum Gasteiger partial charge on any atom is -0.426 e. The third-order valence-corrected chi connectivity index (χ3v) is 5.37. The molecule has 0 heterocycles. The molecule has 0 aromatic heterocycles. The van der Waals surface area contributed by atoms with E-state index >= 15 is 0 Å². The molecule has 0 bridgehead atoms. The molecule has 0 saturated carbocycles. The van der Waals surface area contributed by atoms with Gasteiger partial charge < -0.3 is 26.0 Å². The minimum atomic E-state index is -4.12. The number of carbonyl (C=O) groups excluding carboxylic acids is 3. The maximum Gasteiger partial charge on any atom is 0.475 e. The molecular weight excluding hydrogens is 415 g/mol. The molecule has 0 spiro atoms. The number of benzene rings is 1. The Kier molecular flexibility index (Phi) is 9.76. The number of nitrogens with one attached hydrogen (secondary N) is 4. The van der Waals surface area contributed by atoms with E-state index in [4.69, 9.17) is 0 Å². The zero-order valence-corrected chi connectivity index (χ0v) is 17.8. The van der Waals surface area contributed by atoms with E-state index in [1.165, 1.54) is 12.1 Å². The molecule has 0 fully saturated rings. The smallest absolute Gasteiger partial charge is 0.426 e. The third-order valence-electron chi connectivity index (χ3n) is 4.02. The summed E-state index contributed by atoms with van der Waals surface area (Å²) in [4.78, 5) is 35.0. The summed E-state index contributed by atoms with van der Waals surface area (Å²) in [5.74, 6) is -1.71. The van der Waals surface area contributed by atoms with Gasteiger partial charge in [0.15, 0.2) is 0 Å². The van der Waals surface area contributed by atoms with Crippen LogP contribution in [0, 0.1) is 12.8 Å². The first-order valence-electron chi connectivity index (χ1n) is 9.19. The van der Waals surface area contributed by atoms with Gasteiger partial charge in [-0.05, 0) is 31.4 Å². The van der Waals surface area contributed by atoms with Gasteiger partial charge >= 0.3 is 13.1 Å². The molecule has 13 heteroatoms. The van der Waals surface area contributed by atoms with Crippen molar-refractivity contribution in [3.63, 3.8) is 0 Å². The number of hydrogen-bond donors (Lipinski definition) is 6. The maximum absolute atomic E-state index is 12.3. The van der Waals surface area contributed by atoms with E-state index in [0.717, 1.165) is 5.56 Å². The van der Waals surface area contributed by atoms with Crippen molar-refractivity contribution in [1.29, 1.82) is 0 Å². The largest absolute Gasteiger partial charge is 0.475 e. The lowest BCUT2D eigenvalue weighted by Crippen LogP contribution is -2.57. The zero-order valence-electron chi connectivity index (χ0n) is 17.0. The molecule has 0 unspecified atom stereocenters. The summed E-state index contributed by atoms with van der Waals surface area (Å²) in [6, 6.07) is 3.47. The highest BCUT2D eigenvalue weighted by Gasteiger charge is 2.29. The van der Waals surface area contributed by atoms with Crippen LogP contribution in [0.25, 0.3) is 0 Å². The first-order valence-corrected chi connectivity index (χ1v) is 10.7.